The first-order chi connectivity index (χ1) is 16.7. The van der Waals surface area contributed by atoms with Gasteiger partial charge >= 0.3 is 6.09 Å². The average Bonchev–Trinajstić information content (AvgIpc) is 2.81. The van der Waals surface area contributed by atoms with E-state index in [9.17, 15) is 9.59 Å². The van der Waals surface area contributed by atoms with Gasteiger partial charge in [0, 0.05) is 0 Å². The molecule has 35 heavy (non-hydrogen) atoms. The molecule has 0 aromatic heterocycles. The number of nitrogens with zero attached hydrogens (tertiary/aromatic N) is 2. The zero-order chi connectivity index (χ0) is 25.7. The SMILES string of the molecule is COc1cc(/C=N\NC(=O)[C@H](COCc2ccccc2)NC(=O)OC(C)(C)C)ccc1OCC#N. The van der Waals surface area contributed by atoms with Crippen LogP contribution in [0.15, 0.2) is 53.6 Å². The van der Waals surface area contributed by atoms with Crippen molar-refractivity contribution in [1.82, 2.24) is 10.7 Å². The highest BCUT2D eigenvalue weighted by Gasteiger charge is 2.24. The number of carbonyl (C=O) groups excluding carboxylic acids is 2. The summed E-state index contributed by atoms with van der Waals surface area (Å²) in [4.78, 5) is 24.9. The lowest BCUT2D eigenvalue weighted by molar-refractivity contribution is -0.124. The predicted molar refractivity (Wildman–Crippen MR) is 129 cm³/mol. The monoisotopic (exact) mass is 482 g/mol. The zero-order valence-corrected chi connectivity index (χ0v) is 20.2. The molecule has 0 aliphatic carbocycles. The fourth-order valence-electron chi connectivity index (χ4n) is 2.74. The van der Waals surface area contributed by atoms with Crippen molar-refractivity contribution in [2.24, 2.45) is 5.10 Å². The van der Waals surface area contributed by atoms with Gasteiger partial charge < -0.3 is 24.3 Å². The molecule has 0 heterocycles. The van der Waals surface area contributed by atoms with E-state index < -0.39 is 23.6 Å². The maximum atomic E-state index is 12.7. The summed E-state index contributed by atoms with van der Waals surface area (Å²) in [6, 6.07) is 15.2. The Labute approximate surface area is 204 Å². The first kappa shape index (κ1) is 27.1. The van der Waals surface area contributed by atoms with Crippen LogP contribution in [0.5, 0.6) is 11.5 Å². The molecule has 2 aromatic carbocycles. The van der Waals surface area contributed by atoms with Crippen LogP contribution in [0.3, 0.4) is 0 Å². The number of hydrogen-bond acceptors (Lipinski definition) is 8. The molecule has 0 radical (unpaired) electrons. The Morgan fingerprint density at radius 2 is 1.89 bits per heavy atom. The Morgan fingerprint density at radius 3 is 2.54 bits per heavy atom. The van der Waals surface area contributed by atoms with E-state index in [1.165, 1.54) is 13.3 Å². The van der Waals surface area contributed by atoms with Crippen molar-refractivity contribution in [3.8, 4) is 17.6 Å². The van der Waals surface area contributed by atoms with Crippen LogP contribution in [-0.4, -0.2) is 50.2 Å². The highest BCUT2D eigenvalue weighted by Crippen LogP contribution is 2.27. The Balaban J connectivity index is 2.02. The maximum absolute atomic E-state index is 12.7. The molecule has 0 bridgehead atoms. The lowest BCUT2D eigenvalue weighted by Gasteiger charge is -2.22. The maximum Gasteiger partial charge on any atom is 0.408 e. The van der Waals surface area contributed by atoms with Gasteiger partial charge in [-0.3, -0.25) is 4.79 Å². The molecule has 186 valence electrons. The van der Waals surface area contributed by atoms with Gasteiger partial charge in [-0.05, 0) is 50.1 Å². The number of amides is 2. The lowest BCUT2D eigenvalue weighted by atomic mass is 10.2. The van der Waals surface area contributed by atoms with Crippen LogP contribution in [0.25, 0.3) is 0 Å². The van der Waals surface area contributed by atoms with Gasteiger partial charge in [-0.1, -0.05) is 30.3 Å². The van der Waals surface area contributed by atoms with E-state index >= 15 is 0 Å². The molecule has 0 aliphatic heterocycles. The summed E-state index contributed by atoms with van der Waals surface area (Å²) in [5, 5.41) is 15.1. The van der Waals surface area contributed by atoms with Gasteiger partial charge in [-0.2, -0.15) is 10.4 Å². The standard InChI is InChI=1S/C25H30N4O6/c1-25(2,3)35-24(31)28-20(17-33-16-18-8-6-5-7-9-18)23(30)29-27-15-19-10-11-21(34-13-12-26)22(14-19)32-4/h5-11,14-15,20H,13,16-17H2,1-4H3,(H,28,31)(H,29,30)/b27-15-/t20-/m0/s1. The van der Waals surface area contributed by atoms with Gasteiger partial charge in [-0.15, -0.1) is 0 Å². The fraction of sp³-hybridized carbons (Fsp3) is 0.360. The molecule has 0 spiro atoms. The number of ether oxygens (including phenoxy) is 4. The quantitative estimate of drug-likeness (QED) is 0.371. The molecule has 10 nitrogen and oxygen atoms in total. The third-order valence-corrected chi connectivity index (χ3v) is 4.27. The average molecular weight is 483 g/mol. The van der Waals surface area contributed by atoms with Crippen LogP contribution < -0.4 is 20.2 Å². The smallest absolute Gasteiger partial charge is 0.408 e. The summed E-state index contributed by atoms with van der Waals surface area (Å²) in [5.74, 6) is 0.239. The summed E-state index contributed by atoms with van der Waals surface area (Å²) in [6.07, 6.45) is 0.659. The first-order valence-corrected chi connectivity index (χ1v) is 10.8. The number of benzene rings is 2. The molecular formula is C25H30N4O6. The Kier molecular flexibility index (Phi) is 10.5. The molecule has 10 heteroatoms. The summed E-state index contributed by atoms with van der Waals surface area (Å²) in [6.45, 7) is 5.24. The van der Waals surface area contributed by atoms with E-state index in [0.29, 0.717) is 17.1 Å². The summed E-state index contributed by atoms with van der Waals surface area (Å²) in [7, 11) is 1.47. The van der Waals surface area contributed by atoms with E-state index in [2.05, 4.69) is 15.8 Å². The summed E-state index contributed by atoms with van der Waals surface area (Å²) in [5.41, 5.74) is 3.22. The molecule has 0 saturated carbocycles. The van der Waals surface area contributed by atoms with Gasteiger partial charge in [-0.25, -0.2) is 10.2 Å². The van der Waals surface area contributed by atoms with Crippen molar-refractivity contribution < 1.29 is 28.5 Å². The fourth-order valence-corrected chi connectivity index (χ4v) is 2.74. The van der Waals surface area contributed by atoms with Crippen molar-refractivity contribution in [2.45, 2.75) is 39.0 Å². The molecule has 2 aromatic rings. The molecule has 0 aliphatic rings. The second kappa shape index (κ2) is 13.6. The number of alkyl carbamates (subject to hydrolysis) is 1. The number of hydrazone groups is 1. The minimum atomic E-state index is -1.04. The number of nitrogens with one attached hydrogen (secondary N) is 2. The number of rotatable bonds is 11. The van der Waals surface area contributed by atoms with Crippen molar-refractivity contribution in [3.63, 3.8) is 0 Å². The highest BCUT2D eigenvalue weighted by atomic mass is 16.6. The van der Waals surface area contributed by atoms with Crippen molar-refractivity contribution in [2.75, 3.05) is 20.3 Å². The van der Waals surface area contributed by atoms with Crippen molar-refractivity contribution >= 4 is 18.2 Å². The van der Waals surface area contributed by atoms with E-state index in [-0.39, 0.29) is 19.8 Å². The lowest BCUT2D eigenvalue weighted by Crippen LogP contribution is -2.49. The van der Waals surface area contributed by atoms with Crippen LogP contribution in [0, 0.1) is 11.3 Å². The number of hydrogen-bond donors (Lipinski definition) is 2. The van der Waals surface area contributed by atoms with Crippen molar-refractivity contribution in [1.29, 1.82) is 5.26 Å². The first-order valence-electron chi connectivity index (χ1n) is 10.8. The third-order valence-electron chi connectivity index (χ3n) is 4.27. The minimum Gasteiger partial charge on any atom is -0.493 e. The predicted octanol–water partition coefficient (Wildman–Crippen LogP) is 3.16. The Hall–Kier alpha value is -4.10. The summed E-state index contributed by atoms with van der Waals surface area (Å²) >= 11 is 0. The van der Waals surface area contributed by atoms with Gasteiger partial charge in [0.05, 0.1) is 26.5 Å². The van der Waals surface area contributed by atoms with E-state index in [0.717, 1.165) is 5.56 Å². The molecule has 2 amide bonds. The summed E-state index contributed by atoms with van der Waals surface area (Å²) < 4.78 is 21.4. The minimum absolute atomic E-state index is 0.0890. The van der Waals surface area contributed by atoms with Crippen LogP contribution in [0.4, 0.5) is 4.79 Å². The Bertz CT molecular complexity index is 1040. The normalized spacial score (nSPS) is 11.9. The van der Waals surface area contributed by atoms with Gasteiger partial charge in [0.1, 0.15) is 17.7 Å². The molecule has 1 atom stereocenters. The number of carbonyl (C=O) groups is 2. The largest absolute Gasteiger partial charge is 0.493 e. The van der Waals surface area contributed by atoms with Crippen LogP contribution >= 0.6 is 0 Å². The second-order valence-electron chi connectivity index (χ2n) is 8.29. The van der Waals surface area contributed by atoms with Gasteiger partial charge in [0.2, 0.25) is 0 Å². The van der Waals surface area contributed by atoms with Gasteiger partial charge in [0.25, 0.3) is 5.91 Å². The van der Waals surface area contributed by atoms with Gasteiger partial charge in [0.15, 0.2) is 18.1 Å². The highest BCUT2D eigenvalue weighted by molar-refractivity contribution is 5.87. The number of methoxy groups -OCH3 is 1. The zero-order valence-electron chi connectivity index (χ0n) is 20.2. The molecule has 2 N–H and O–H groups in total. The molecule has 2 rings (SSSR count). The van der Waals surface area contributed by atoms with Crippen LogP contribution in [0.1, 0.15) is 31.9 Å². The second-order valence-corrected chi connectivity index (χ2v) is 8.29. The van der Waals surface area contributed by atoms with Crippen LogP contribution in [0.2, 0.25) is 0 Å². The van der Waals surface area contributed by atoms with E-state index in [1.807, 2.05) is 36.4 Å². The van der Waals surface area contributed by atoms with Crippen molar-refractivity contribution in [3.05, 3.63) is 59.7 Å². The molecule has 0 fully saturated rings. The van der Waals surface area contributed by atoms with Crippen LogP contribution in [-0.2, 0) is 20.9 Å². The number of nitriles is 1. The molecule has 0 saturated heterocycles. The molecule has 0 unspecified atom stereocenters. The Morgan fingerprint density at radius 1 is 1.14 bits per heavy atom. The van der Waals surface area contributed by atoms with E-state index in [1.54, 1.807) is 39.0 Å². The topological polar surface area (TPSA) is 131 Å². The molecular weight excluding hydrogens is 452 g/mol. The third kappa shape index (κ3) is 10.1. The van der Waals surface area contributed by atoms with E-state index in [4.69, 9.17) is 24.2 Å².